The smallest absolute Gasteiger partial charge is 0.302 e. The summed E-state index contributed by atoms with van der Waals surface area (Å²) >= 11 is 1.28. The summed E-state index contributed by atoms with van der Waals surface area (Å²) in [4.78, 5) is 50.4. The first-order valence-corrected chi connectivity index (χ1v) is 15.5. The fraction of sp³-hybridized carbons (Fsp3) is 0.625. The van der Waals surface area contributed by atoms with Crippen LogP contribution in [0.1, 0.15) is 63.0 Å². The molecule has 1 unspecified atom stereocenters. The second-order valence-corrected chi connectivity index (χ2v) is 13.6. The topological polar surface area (TPSA) is 121 Å². The highest BCUT2D eigenvalue weighted by Gasteiger charge is 2.75. The van der Waals surface area contributed by atoms with Gasteiger partial charge in [0.2, 0.25) is 0 Å². The summed E-state index contributed by atoms with van der Waals surface area (Å²) < 4.78 is 37.4. The van der Waals surface area contributed by atoms with Crippen LogP contribution in [-0.2, 0) is 19.1 Å². The molecule has 0 radical (unpaired) electrons. The van der Waals surface area contributed by atoms with Crippen LogP contribution in [0.15, 0.2) is 41.3 Å². The number of allylic oxidation sites excluding steroid dienone is 4. The molecule has 0 bridgehead atoms. The van der Waals surface area contributed by atoms with Crippen molar-refractivity contribution in [2.24, 2.45) is 28.1 Å². The number of alkyl halides is 2. The minimum atomic E-state index is -2.24. The van der Waals surface area contributed by atoms with Crippen LogP contribution < -0.4 is 0 Å². The summed E-state index contributed by atoms with van der Waals surface area (Å²) in [6.45, 7) is 6.28. The summed E-state index contributed by atoms with van der Waals surface area (Å²) in [5.74, 6) is -2.71. The van der Waals surface area contributed by atoms with Gasteiger partial charge in [0, 0.05) is 31.8 Å². The number of carbonyl (C=O) groups excluding carboxylic acids is 4. The summed E-state index contributed by atoms with van der Waals surface area (Å²) in [6.07, 6.45) is 1.08. The zero-order valence-corrected chi connectivity index (χ0v) is 26.1. The molecule has 8 atom stereocenters. The molecule has 1 aromatic rings. The molecule has 4 aliphatic carbocycles. The van der Waals surface area contributed by atoms with Crippen molar-refractivity contribution >= 4 is 34.8 Å². The number of aliphatic hydroxyl groups is 2. The van der Waals surface area contributed by atoms with Gasteiger partial charge in [0.25, 0.3) is 5.91 Å². The fourth-order valence-electron chi connectivity index (χ4n) is 8.55. The zero-order valence-electron chi connectivity index (χ0n) is 25.3. The van der Waals surface area contributed by atoms with E-state index in [1.807, 2.05) is 6.92 Å². The number of amides is 1. The van der Waals surface area contributed by atoms with Gasteiger partial charge in [-0.05, 0) is 80.0 Å². The molecule has 2 N–H and O–H groups in total. The average Bonchev–Trinajstić information content (AvgIpc) is 3.58. The molecule has 1 amide bonds. The minimum absolute atomic E-state index is 0.00469. The molecule has 4 aliphatic rings. The molecular weight excluding hydrogens is 580 g/mol. The Morgan fingerprint density at radius 1 is 1.23 bits per heavy atom. The molecule has 0 saturated heterocycles. The van der Waals surface area contributed by atoms with E-state index in [9.17, 15) is 29.4 Å². The van der Waals surface area contributed by atoms with Gasteiger partial charge in [0.1, 0.15) is 12.8 Å². The van der Waals surface area contributed by atoms with Crippen molar-refractivity contribution in [3.05, 3.63) is 46.2 Å². The summed E-state index contributed by atoms with van der Waals surface area (Å²) in [5.41, 5.74) is -5.89. The number of hydrogen-bond donors (Lipinski definition) is 2. The van der Waals surface area contributed by atoms with E-state index in [4.69, 9.17) is 0 Å². The SMILES string of the molecule is CCOC(C)=O.CN(C[C@]1(C(=O)CO)CCC2[C@@H]3C[C@H](F)C4=CC(=O)C=C[C@]4(C)[C@@]3(F)[C@@H](O)C[C@@]21C)C(=O)c1cccs1. The van der Waals surface area contributed by atoms with Crippen molar-refractivity contribution in [3.63, 3.8) is 0 Å². The maximum absolute atomic E-state index is 17.3. The van der Waals surface area contributed by atoms with E-state index >= 15 is 8.78 Å². The molecule has 1 heterocycles. The lowest BCUT2D eigenvalue weighted by atomic mass is 9.43. The van der Waals surface area contributed by atoms with Gasteiger partial charge in [-0.1, -0.05) is 19.1 Å². The van der Waals surface area contributed by atoms with Crippen molar-refractivity contribution in [1.82, 2.24) is 4.90 Å². The van der Waals surface area contributed by atoms with Gasteiger partial charge < -0.3 is 19.8 Å². The summed E-state index contributed by atoms with van der Waals surface area (Å²) in [5, 5.41) is 23.3. The lowest BCUT2D eigenvalue weighted by Gasteiger charge is -2.63. The molecule has 11 heteroatoms. The second-order valence-electron chi connectivity index (χ2n) is 12.6. The highest BCUT2D eigenvalue weighted by atomic mass is 32.1. The Kier molecular flexibility index (Phi) is 9.22. The first kappa shape index (κ1) is 33.1. The number of Topliss-reactive ketones (excluding diaryl/α,β-unsaturated/α-hetero) is 1. The number of thiophene rings is 1. The third kappa shape index (κ3) is 5.11. The maximum Gasteiger partial charge on any atom is 0.302 e. The summed E-state index contributed by atoms with van der Waals surface area (Å²) in [6, 6.07) is 3.46. The number of nitrogens with zero attached hydrogens (tertiary/aromatic N) is 1. The van der Waals surface area contributed by atoms with Crippen LogP contribution in [0.2, 0.25) is 0 Å². The van der Waals surface area contributed by atoms with Crippen LogP contribution in [0.3, 0.4) is 0 Å². The lowest BCUT2D eigenvalue weighted by molar-refractivity contribution is -0.212. The number of aliphatic hydroxyl groups excluding tert-OH is 2. The largest absolute Gasteiger partial charge is 0.466 e. The zero-order chi connectivity index (χ0) is 32.0. The number of hydrogen-bond acceptors (Lipinski definition) is 8. The van der Waals surface area contributed by atoms with Gasteiger partial charge >= 0.3 is 5.97 Å². The molecule has 3 saturated carbocycles. The minimum Gasteiger partial charge on any atom is -0.466 e. The Labute approximate surface area is 254 Å². The van der Waals surface area contributed by atoms with Crippen molar-refractivity contribution in [2.45, 2.75) is 71.3 Å². The first-order chi connectivity index (χ1) is 20.1. The second kappa shape index (κ2) is 12.0. The monoisotopic (exact) mass is 621 g/mol. The van der Waals surface area contributed by atoms with Crippen molar-refractivity contribution in [3.8, 4) is 0 Å². The number of fused-ring (bicyclic) bond motifs is 5. The Morgan fingerprint density at radius 3 is 2.49 bits per heavy atom. The molecular formula is C32H41F2NO7S. The highest BCUT2D eigenvalue weighted by Crippen LogP contribution is 2.72. The highest BCUT2D eigenvalue weighted by molar-refractivity contribution is 7.12. The van der Waals surface area contributed by atoms with Crippen LogP contribution in [0.4, 0.5) is 8.78 Å². The normalized spacial score (nSPS) is 37.6. The fourth-order valence-corrected chi connectivity index (χ4v) is 9.26. The van der Waals surface area contributed by atoms with Crippen molar-refractivity contribution in [1.29, 1.82) is 0 Å². The molecule has 0 spiro atoms. The summed E-state index contributed by atoms with van der Waals surface area (Å²) in [7, 11) is 1.60. The number of rotatable bonds is 6. The van der Waals surface area contributed by atoms with E-state index in [1.54, 1.807) is 38.4 Å². The van der Waals surface area contributed by atoms with E-state index in [2.05, 4.69) is 4.74 Å². The number of ether oxygens (including phenoxy) is 1. The molecule has 0 aliphatic heterocycles. The van der Waals surface area contributed by atoms with E-state index in [1.165, 1.54) is 35.3 Å². The van der Waals surface area contributed by atoms with Crippen LogP contribution in [0.5, 0.6) is 0 Å². The molecule has 5 rings (SSSR count). The predicted octanol–water partition coefficient (Wildman–Crippen LogP) is 4.26. The molecule has 0 aromatic carbocycles. The van der Waals surface area contributed by atoms with Crippen LogP contribution in [-0.4, -0.2) is 83.3 Å². The van der Waals surface area contributed by atoms with Crippen molar-refractivity contribution in [2.75, 3.05) is 26.8 Å². The van der Waals surface area contributed by atoms with E-state index in [0.717, 1.165) is 6.08 Å². The third-order valence-electron chi connectivity index (χ3n) is 10.6. The quantitative estimate of drug-likeness (QED) is 0.456. The van der Waals surface area contributed by atoms with E-state index < -0.39 is 64.2 Å². The van der Waals surface area contributed by atoms with Gasteiger partial charge in [-0.25, -0.2) is 8.78 Å². The van der Waals surface area contributed by atoms with Gasteiger partial charge in [0.05, 0.1) is 23.0 Å². The van der Waals surface area contributed by atoms with Crippen molar-refractivity contribution < 1.29 is 42.9 Å². The van der Waals surface area contributed by atoms with Gasteiger partial charge in [-0.15, -0.1) is 11.3 Å². The Hall–Kier alpha value is -2.76. The van der Waals surface area contributed by atoms with E-state index in [0.29, 0.717) is 24.3 Å². The average molecular weight is 622 g/mol. The molecule has 43 heavy (non-hydrogen) atoms. The van der Waals surface area contributed by atoms with E-state index in [-0.39, 0.29) is 36.8 Å². The van der Waals surface area contributed by atoms with Gasteiger partial charge in [-0.2, -0.15) is 0 Å². The Morgan fingerprint density at radius 2 is 1.93 bits per heavy atom. The lowest BCUT2D eigenvalue weighted by Crippen LogP contribution is -2.70. The number of halogens is 2. The predicted molar refractivity (Wildman–Crippen MR) is 157 cm³/mol. The maximum atomic E-state index is 17.3. The van der Waals surface area contributed by atoms with Crippen LogP contribution >= 0.6 is 11.3 Å². The molecule has 8 nitrogen and oxygen atoms in total. The Balaban J connectivity index is 0.000000641. The molecule has 3 fully saturated rings. The molecule has 1 aromatic heterocycles. The standard InChI is InChI=1S/C28H33F2NO5S.C4H8O2/c1-25-8-6-16(33)11-19(25)20(29)12-18-17-7-9-27(23(35)14-32,26(17,2)13-22(34)28(18,25)30)15-31(3)24(36)21-5-4-10-37-21;1-3-6-4(2)5/h4-6,8,10-11,17-18,20,22,32,34H,7,9,12-15H2,1-3H3;3H2,1-2H3/t17?,18-,20-,22-,25-,26-,27-,28-;/m0./s1. The molecule has 236 valence electrons. The van der Waals surface area contributed by atoms with Gasteiger partial charge in [0.15, 0.2) is 17.2 Å². The third-order valence-corrected chi connectivity index (χ3v) is 11.5. The Bertz CT molecular complexity index is 1330. The number of carbonyl (C=O) groups is 4. The van der Waals surface area contributed by atoms with Crippen LogP contribution in [0.25, 0.3) is 0 Å². The number of esters is 1. The van der Waals surface area contributed by atoms with Crippen LogP contribution in [0, 0.1) is 28.1 Å². The van der Waals surface area contributed by atoms with Gasteiger partial charge in [-0.3, -0.25) is 19.2 Å². The number of ketones is 2. The first-order valence-electron chi connectivity index (χ1n) is 14.7.